The van der Waals surface area contributed by atoms with Crippen molar-refractivity contribution in [1.29, 1.82) is 0 Å². The maximum atomic E-state index is 11.9. The fourth-order valence-corrected chi connectivity index (χ4v) is 2.97. The van der Waals surface area contributed by atoms with E-state index in [2.05, 4.69) is 4.72 Å². The summed E-state index contributed by atoms with van der Waals surface area (Å²) in [5.74, 6) is -1.49. The van der Waals surface area contributed by atoms with E-state index in [0.717, 1.165) is 0 Å². The summed E-state index contributed by atoms with van der Waals surface area (Å²) in [6.45, 7) is 4.47. The van der Waals surface area contributed by atoms with Crippen LogP contribution in [0.1, 0.15) is 13.8 Å². The number of ether oxygens (including phenoxy) is 1. The van der Waals surface area contributed by atoms with Crippen molar-refractivity contribution >= 4 is 16.2 Å². The Morgan fingerprint density at radius 3 is 2.29 bits per heavy atom. The van der Waals surface area contributed by atoms with Crippen LogP contribution >= 0.6 is 0 Å². The molecule has 7 nitrogen and oxygen atoms in total. The van der Waals surface area contributed by atoms with Gasteiger partial charge in [0.25, 0.3) is 10.2 Å². The minimum Gasteiger partial charge on any atom is -0.480 e. The highest BCUT2D eigenvalue weighted by molar-refractivity contribution is 7.87. The average Bonchev–Trinajstić information content (AvgIpc) is 2.26. The second-order valence-corrected chi connectivity index (χ2v) is 5.90. The molecule has 0 aromatic carbocycles. The second kappa shape index (κ2) is 5.76. The average molecular weight is 266 g/mol. The molecule has 1 fully saturated rings. The number of carboxylic acid groups (broad SMARTS) is 1. The number of morpholine rings is 1. The van der Waals surface area contributed by atoms with Crippen LogP contribution in [-0.2, 0) is 19.7 Å². The molecule has 1 aliphatic rings. The summed E-state index contributed by atoms with van der Waals surface area (Å²) in [5.41, 5.74) is 0. The van der Waals surface area contributed by atoms with Gasteiger partial charge in [-0.15, -0.1) is 0 Å². The van der Waals surface area contributed by atoms with E-state index in [1.165, 1.54) is 4.31 Å². The molecule has 1 rings (SSSR count). The fourth-order valence-electron chi connectivity index (χ4n) is 1.49. The number of hydrogen-bond donors (Lipinski definition) is 2. The standard InChI is InChI=1S/C9H18N2O5S/c1-7(2)8(9(12)13)10-17(14,15)11-3-5-16-6-4-11/h7-8,10H,3-6H2,1-2H3,(H,12,13)/t8-/m1/s1. The Balaban J connectivity index is 2.73. The van der Waals surface area contributed by atoms with Gasteiger partial charge in [-0.1, -0.05) is 13.8 Å². The van der Waals surface area contributed by atoms with Gasteiger partial charge in [0.15, 0.2) is 0 Å². The highest BCUT2D eigenvalue weighted by Crippen LogP contribution is 2.08. The van der Waals surface area contributed by atoms with Crippen LogP contribution in [0.3, 0.4) is 0 Å². The largest absolute Gasteiger partial charge is 0.480 e. The molecule has 1 saturated heterocycles. The molecule has 0 aromatic rings. The van der Waals surface area contributed by atoms with E-state index in [0.29, 0.717) is 13.2 Å². The summed E-state index contributed by atoms with van der Waals surface area (Å²) in [7, 11) is -3.75. The quantitative estimate of drug-likeness (QED) is 0.683. The van der Waals surface area contributed by atoms with Gasteiger partial charge in [-0.2, -0.15) is 17.4 Å². The summed E-state index contributed by atoms with van der Waals surface area (Å²) < 4.78 is 32.3. The van der Waals surface area contributed by atoms with Gasteiger partial charge in [-0.05, 0) is 5.92 Å². The number of carbonyl (C=O) groups is 1. The number of rotatable bonds is 5. The molecule has 0 saturated carbocycles. The van der Waals surface area contributed by atoms with Crippen LogP contribution in [0.15, 0.2) is 0 Å². The zero-order chi connectivity index (χ0) is 13.1. The Kier molecular flexibility index (Phi) is 4.87. The number of carboxylic acids is 1. The summed E-state index contributed by atoms with van der Waals surface area (Å²) in [5, 5.41) is 8.94. The lowest BCUT2D eigenvalue weighted by Gasteiger charge is -2.28. The third kappa shape index (κ3) is 3.91. The van der Waals surface area contributed by atoms with Gasteiger partial charge in [0.05, 0.1) is 13.2 Å². The number of hydrogen-bond acceptors (Lipinski definition) is 4. The van der Waals surface area contributed by atoms with Crippen LogP contribution in [0.4, 0.5) is 0 Å². The van der Waals surface area contributed by atoms with Crippen molar-refractivity contribution in [2.75, 3.05) is 26.3 Å². The summed E-state index contributed by atoms with van der Waals surface area (Å²) in [4.78, 5) is 10.9. The molecule has 1 atom stereocenters. The normalized spacial score (nSPS) is 20.4. The lowest BCUT2D eigenvalue weighted by Crippen LogP contribution is -2.53. The molecule has 100 valence electrons. The van der Waals surface area contributed by atoms with Crippen LogP contribution < -0.4 is 4.72 Å². The minimum atomic E-state index is -3.75. The summed E-state index contributed by atoms with van der Waals surface area (Å²) >= 11 is 0. The monoisotopic (exact) mass is 266 g/mol. The van der Waals surface area contributed by atoms with Crippen molar-refractivity contribution in [3.63, 3.8) is 0 Å². The highest BCUT2D eigenvalue weighted by Gasteiger charge is 2.31. The molecule has 2 N–H and O–H groups in total. The molecule has 0 unspecified atom stereocenters. The van der Waals surface area contributed by atoms with Gasteiger partial charge in [0, 0.05) is 13.1 Å². The van der Waals surface area contributed by atoms with E-state index in [4.69, 9.17) is 9.84 Å². The van der Waals surface area contributed by atoms with Crippen molar-refractivity contribution in [1.82, 2.24) is 9.03 Å². The van der Waals surface area contributed by atoms with Gasteiger partial charge >= 0.3 is 5.97 Å². The lowest BCUT2D eigenvalue weighted by atomic mass is 10.1. The molecule has 0 bridgehead atoms. The first-order valence-electron chi connectivity index (χ1n) is 5.42. The van der Waals surface area contributed by atoms with Crippen molar-refractivity contribution in [3.05, 3.63) is 0 Å². The first-order chi connectivity index (χ1) is 7.84. The Labute approximate surface area is 101 Å². The SMILES string of the molecule is CC(C)[C@@H](NS(=O)(=O)N1CCOCC1)C(=O)O. The van der Waals surface area contributed by atoms with Crippen LogP contribution in [0, 0.1) is 5.92 Å². The van der Waals surface area contributed by atoms with Crippen LogP contribution in [-0.4, -0.2) is 56.1 Å². The van der Waals surface area contributed by atoms with Gasteiger partial charge in [0.2, 0.25) is 0 Å². The molecule has 0 aliphatic carbocycles. The van der Waals surface area contributed by atoms with Crippen molar-refractivity contribution in [2.24, 2.45) is 5.92 Å². The van der Waals surface area contributed by atoms with Crippen molar-refractivity contribution < 1.29 is 23.1 Å². The molecule has 1 heterocycles. The van der Waals surface area contributed by atoms with Gasteiger partial charge < -0.3 is 9.84 Å². The molecule has 1 aliphatic heterocycles. The predicted octanol–water partition coefficient (Wildman–Crippen LogP) is -0.738. The fraction of sp³-hybridized carbons (Fsp3) is 0.889. The van der Waals surface area contributed by atoms with Crippen LogP contribution in [0.2, 0.25) is 0 Å². The molecule has 17 heavy (non-hydrogen) atoms. The van der Waals surface area contributed by atoms with Crippen molar-refractivity contribution in [3.8, 4) is 0 Å². The lowest BCUT2D eigenvalue weighted by molar-refractivity contribution is -0.140. The molecule has 0 radical (unpaired) electrons. The van der Waals surface area contributed by atoms with Crippen molar-refractivity contribution in [2.45, 2.75) is 19.9 Å². The van der Waals surface area contributed by atoms with E-state index in [1.54, 1.807) is 13.8 Å². The molecule has 0 aromatic heterocycles. The summed E-state index contributed by atoms with van der Waals surface area (Å²) in [6, 6.07) is -1.11. The number of nitrogens with one attached hydrogen (secondary N) is 1. The Hall–Kier alpha value is -0.700. The Morgan fingerprint density at radius 1 is 1.35 bits per heavy atom. The van der Waals surface area contributed by atoms with E-state index in [9.17, 15) is 13.2 Å². The van der Waals surface area contributed by atoms with Crippen LogP contribution in [0.5, 0.6) is 0 Å². The predicted molar refractivity (Wildman–Crippen MR) is 60.7 cm³/mol. The smallest absolute Gasteiger partial charge is 0.322 e. The molecule has 0 amide bonds. The highest BCUT2D eigenvalue weighted by atomic mass is 32.2. The molecular weight excluding hydrogens is 248 g/mol. The number of nitrogens with zero attached hydrogens (tertiary/aromatic N) is 1. The van der Waals surface area contributed by atoms with Gasteiger partial charge in [-0.25, -0.2) is 0 Å². The van der Waals surface area contributed by atoms with E-state index in [-0.39, 0.29) is 19.0 Å². The molecule has 8 heteroatoms. The number of aliphatic carboxylic acids is 1. The first kappa shape index (κ1) is 14.4. The van der Waals surface area contributed by atoms with E-state index >= 15 is 0 Å². The third-order valence-corrected chi connectivity index (χ3v) is 4.12. The zero-order valence-corrected chi connectivity index (χ0v) is 10.7. The third-order valence-electron chi connectivity index (χ3n) is 2.52. The van der Waals surface area contributed by atoms with E-state index < -0.39 is 22.2 Å². The maximum absolute atomic E-state index is 11.9. The maximum Gasteiger partial charge on any atom is 0.322 e. The molecular formula is C9H18N2O5S. The first-order valence-corrected chi connectivity index (χ1v) is 6.86. The Bertz CT molecular complexity index is 362. The topological polar surface area (TPSA) is 95.9 Å². The van der Waals surface area contributed by atoms with Crippen LogP contribution in [0.25, 0.3) is 0 Å². The molecule has 0 spiro atoms. The van der Waals surface area contributed by atoms with Gasteiger partial charge in [0.1, 0.15) is 6.04 Å². The summed E-state index contributed by atoms with van der Waals surface area (Å²) in [6.07, 6.45) is 0. The minimum absolute atomic E-state index is 0.250. The Morgan fingerprint density at radius 2 is 1.88 bits per heavy atom. The van der Waals surface area contributed by atoms with Gasteiger partial charge in [-0.3, -0.25) is 4.79 Å². The zero-order valence-electron chi connectivity index (χ0n) is 9.92. The van der Waals surface area contributed by atoms with E-state index in [1.807, 2.05) is 0 Å². The second-order valence-electron chi connectivity index (χ2n) is 4.19.